The molecule has 1 heterocycles. The molecule has 1 aliphatic heterocycles. The molecular formula is C19H24N2O5S2. The minimum absolute atomic E-state index is 0.182. The van der Waals surface area contributed by atoms with E-state index in [2.05, 4.69) is 9.62 Å². The van der Waals surface area contributed by atoms with E-state index in [0.29, 0.717) is 25.9 Å². The van der Waals surface area contributed by atoms with Gasteiger partial charge in [0.2, 0.25) is 10.0 Å². The lowest BCUT2D eigenvalue weighted by atomic mass is 10.1. The number of anilines is 1. The fourth-order valence-corrected chi connectivity index (χ4v) is 6.24. The molecule has 152 valence electrons. The van der Waals surface area contributed by atoms with Crippen molar-refractivity contribution in [3.8, 4) is 5.75 Å². The fourth-order valence-electron chi connectivity index (χ4n) is 3.31. The maximum atomic E-state index is 12.8. The first-order valence-corrected chi connectivity index (χ1v) is 12.3. The summed E-state index contributed by atoms with van der Waals surface area (Å²) in [5.41, 5.74) is 1.06. The average molecular weight is 425 g/mol. The first-order valence-electron chi connectivity index (χ1n) is 8.91. The number of ether oxygens (including phenoxy) is 1. The van der Waals surface area contributed by atoms with Gasteiger partial charge in [0.25, 0.3) is 0 Å². The summed E-state index contributed by atoms with van der Waals surface area (Å²) in [5.74, 6) is 0.788. The second-order valence-corrected chi connectivity index (χ2v) is 10.5. The smallest absolute Gasteiger partial charge is 0.242 e. The number of hydrogen-bond acceptors (Lipinski definition) is 6. The molecule has 0 unspecified atom stereocenters. The topological polar surface area (TPSA) is 92.8 Å². The van der Waals surface area contributed by atoms with E-state index in [1.807, 2.05) is 24.3 Å². The minimum Gasteiger partial charge on any atom is -0.497 e. The second kappa shape index (κ2) is 8.10. The van der Waals surface area contributed by atoms with Crippen LogP contribution in [0.5, 0.6) is 5.75 Å². The summed E-state index contributed by atoms with van der Waals surface area (Å²) in [4.78, 5) is 1.81. The molecule has 7 nitrogen and oxygen atoms in total. The molecule has 1 fully saturated rings. The Kier molecular flexibility index (Phi) is 5.97. The van der Waals surface area contributed by atoms with Crippen LogP contribution < -0.4 is 14.4 Å². The third-order valence-corrected chi connectivity index (χ3v) is 7.66. The van der Waals surface area contributed by atoms with Crippen LogP contribution in [0, 0.1) is 0 Å². The van der Waals surface area contributed by atoms with Crippen molar-refractivity contribution in [2.45, 2.75) is 28.7 Å². The lowest BCUT2D eigenvalue weighted by Crippen LogP contribution is -2.44. The van der Waals surface area contributed by atoms with E-state index in [1.165, 1.54) is 24.3 Å². The molecule has 0 aliphatic carbocycles. The van der Waals surface area contributed by atoms with Gasteiger partial charge in [-0.25, -0.2) is 21.6 Å². The van der Waals surface area contributed by atoms with Crippen LogP contribution >= 0.6 is 0 Å². The highest BCUT2D eigenvalue weighted by Crippen LogP contribution is 2.25. The monoisotopic (exact) mass is 424 g/mol. The van der Waals surface area contributed by atoms with Crippen molar-refractivity contribution in [1.82, 2.24) is 4.72 Å². The van der Waals surface area contributed by atoms with E-state index in [-0.39, 0.29) is 15.8 Å². The lowest BCUT2D eigenvalue weighted by Gasteiger charge is -2.34. The molecule has 2 aromatic carbocycles. The first kappa shape index (κ1) is 20.6. The standard InChI is InChI=1S/C19H24N2O5S2/c1-26-17-9-7-16(8-10-17)21-13-11-15(12-14-21)20-28(24,25)19-6-4-3-5-18(19)27(2,22)23/h3-10,15,20H,11-14H2,1-2H3. The number of nitrogens with one attached hydrogen (secondary N) is 1. The summed E-state index contributed by atoms with van der Waals surface area (Å²) in [6.07, 6.45) is 2.27. The highest BCUT2D eigenvalue weighted by molar-refractivity contribution is 7.93. The quantitative estimate of drug-likeness (QED) is 0.763. The van der Waals surface area contributed by atoms with Crippen molar-refractivity contribution in [1.29, 1.82) is 0 Å². The molecule has 0 atom stereocenters. The molecular weight excluding hydrogens is 400 g/mol. The highest BCUT2D eigenvalue weighted by Gasteiger charge is 2.28. The molecule has 0 amide bonds. The summed E-state index contributed by atoms with van der Waals surface area (Å²) >= 11 is 0. The summed E-state index contributed by atoms with van der Waals surface area (Å²) in [7, 11) is -5.96. The van der Waals surface area contributed by atoms with Crippen LogP contribution in [0.1, 0.15) is 12.8 Å². The second-order valence-electron chi connectivity index (χ2n) is 6.80. The third-order valence-electron chi connectivity index (χ3n) is 4.79. The van der Waals surface area contributed by atoms with Crippen LogP contribution in [-0.4, -0.2) is 49.3 Å². The molecule has 1 aliphatic rings. The summed E-state index contributed by atoms with van der Waals surface area (Å²) in [6, 6.07) is 13.2. The van der Waals surface area contributed by atoms with Gasteiger partial charge >= 0.3 is 0 Å². The van der Waals surface area contributed by atoms with Gasteiger partial charge in [0.1, 0.15) is 10.6 Å². The van der Waals surface area contributed by atoms with Crippen LogP contribution in [0.25, 0.3) is 0 Å². The van der Waals surface area contributed by atoms with Crippen molar-refractivity contribution < 1.29 is 21.6 Å². The largest absolute Gasteiger partial charge is 0.497 e. The van der Waals surface area contributed by atoms with Gasteiger partial charge in [0.15, 0.2) is 9.84 Å². The van der Waals surface area contributed by atoms with E-state index < -0.39 is 19.9 Å². The normalized spacial score (nSPS) is 16.1. The molecule has 0 bridgehead atoms. The predicted octanol–water partition coefficient (Wildman–Crippen LogP) is 2.05. The van der Waals surface area contributed by atoms with Crippen molar-refractivity contribution >= 4 is 25.5 Å². The van der Waals surface area contributed by atoms with Gasteiger partial charge in [-0.1, -0.05) is 12.1 Å². The van der Waals surface area contributed by atoms with Crippen LogP contribution in [0.15, 0.2) is 58.3 Å². The maximum Gasteiger partial charge on any atom is 0.242 e. The SMILES string of the molecule is COc1ccc(N2CCC(NS(=O)(=O)c3ccccc3S(C)(=O)=O)CC2)cc1. The molecule has 1 N–H and O–H groups in total. The number of sulfonamides is 1. The zero-order valence-corrected chi connectivity index (χ0v) is 17.5. The fraction of sp³-hybridized carbons (Fsp3) is 0.368. The number of nitrogens with zero attached hydrogens (tertiary/aromatic N) is 1. The first-order chi connectivity index (χ1) is 13.2. The number of benzene rings is 2. The van der Waals surface area contributed by atoms with Gasteiger partial charge < -0.3 is 9.64 Å². The van der Waals surface area contributed by atoms with E-state index >= 15 is 0 Å². The van der Waals surface area contributed by atoms with Gasteiger partial charge in [0.05, 0.1) is 12.0 Å². The van der Waals surface area contributed by atoms with Crippen LogP contribution in [-0.2, 0) is 19.9 Å². The Morgan fingerprint density at radius 1 is 0.929 bits per heavy atom. The van der Waals surface area contributed by atoms with E-state index in [9.17, 15) is 16.8 Å². The highest BCUT2D eigenvalue weighted by atomic mass is 32.2. The van der Waals surface area contributed by atoms with Gasteiger partial charge in [-0.15, -0.1) is 0 Å². The van der Waals surface area contributed by atoms with Gasteiger partial charge in [0, 0.05) is 31.1 Å². The number of piperidine rings is 1. The summed E-state index contributed by atoms with van der Waals surface area (Å²) in [6.45, 7) is 1.40. The molecule has 2 aromatic rings. The van der Waals surface area contributed by atoms with Crippen LogP contribution in [0.2, 0.25) is 0 Å². The predicted molar refractivity (Wildman–Crippen MR) is 108 cm³/mol. The molecule has 0 saturated carbocycles. The Labute approximate surface area is 166 Å². The van der Waals surface area contributed by atoms with E-state index in [1.54, 1.807) is 7.11 Å². The number of rotatable bonds is 6. The van der Waals surface area contributed by atoms with Crippen molar-refractivity contribution in [2.24, 2.45) is 0 Å². The number of methoxy groups -OCH3 is 1. The van der Waals surface area contributed by atoms with Crippen molar-refractivity contribution in [3.05, 3.63) is 48.5 Å². The van der Waals surface area contributed by atoms with Gasteiger partial charge in [-0.3, -0.25) is 0 Å². The van der Waals surface area contributed by atoms with Crippen LogP contribution in [0.4, 0.5) is 5.69 Å². The molecule has 0 spiro atoms. The molecule has 3 rings (SSSR count). The van der Waals surface area contributed by atoms with Gasteiger partial charge in [-0.05, 0) is 49.2 Å². The third kappa shape index (κ3) is 4.65. The van der Waals surface area contributed by atoms with E-state index in [4.69, 9.17) is 4.74 Å². The Morgan fingerprint density at radius 2 is 1.50 bits per heavy atom. The maximum absolute atomic E-state index is 12.8. The average Bonchev–Trinajstić information content (AvgIpc) is 2.68. The molecule has 9 heteroatoms. The van der Waals surface area contributed by atoms with Crippen molar-refractivity contribution in [2.75, 3.05) is 31.4 Å². The zero-order chi connectivity index (χ0) is 20.4. The Morgan fingerprint density at radius 3 is 2.04 bits per heavy atom. The lowest BCUT2D eigenvalue weighted by molar-refractivity contribution is 0.414. The Bertz CT molecular complexity index is 1030. The summed E-state index contributed by atoms with van der Waals surface area (Å²) in [5, 5.41) is 0. The summed E-state index contributed by atoms with van der Waals surface area (Å²) < 4.78 is 57.3. The van der Waals surface area contributed by atoms with Gasteiger partial charge in [-0.2, -0.15) is 0 Å². The zero-order valence-electron chi connectivity index (χ0n) is 15.8. The van der Waals surface area contributed by atoms with Crippen LogP contribution in [0.3, 0.4) is 0 Å². The molecule has 0 aromatic heterocycles. The van der Waals surface area contributed by atoms with Crippen molar-refractivity contribution in [3.63, 3.8) is 0 Å². The molecule has 28 heavy (non-hydrogen) atoms. The number of hydrogen-bond donors (Lipinski definition) is 1. The molecule has 0 radical (unpaired) electrons. The Balaban J connectivity index is 1.69. The van der Waals surface area contributed by atoms with E-state index in [0.717, 1.165) is 17.7 Å². The molecule has 1 saturated heterocycles. The number of sulfone groups is 1. The Hall–Kier alpha value is -2.10. The minimum atomic E-state index is -3.93.